The summed E-state index contributed by atoms with van der Waals surface area (Å²) in [6.45, 7) is 2.49. The molecule has 0 fully saturated rings. The average Bonchev–Trinajstić information content (AvgIpc) is 3.24. The van der Waals surface area contributed by atoms with Crippen LogP contribution in [0.1, 0.15) is 34.2 Å². The van der Waals surface area contributed by atoms with Gasteiger partial charge in [-0.3, -0.25) is 4.79 Å². The maximum atomic E-state index is 13.6. The lowest BCUT2D eigenvalue weighted by molar-refractivity contribution is -0.132. The van der Waals surface area contributed by atoms with E-state index in [2.05, 4.69) is 17.1 Å². The topological polar surface area (TPSA) is 55.6 Å². The summed E-state index contributed by atoms with van der Waals surface area (Å²) in [5.41, 5.74) is 4.92. The highest BCUT2D eigenvalue weighted by Gasteiger charge is 2.32. The Labute approximate surface area is 204 Å². The zero-order valence-electron chi connectivity index (χ0n) is 19.1. The first kappa shape index (κ1) is 22.2. The monoisotopic (exact) mass is 472 g/mol. The predicted molar refractivity (Wildman–Crippen MR) is 132 cm³/mol. The van der Waals surface area contributed by atoms with Crippen molar-refractivity contribution < 1.29 is 13.9 Å². The number of methoxy groups -OCH3 is 1. The van der Waals surface area contributed by atoms with E-state index >= 15 is 0 Å². The maximum absolute atomic E-state index is 13.6. The highest BCUT2D eigenvalue weighted by Crippen LogP contribution is 2.36. The molecular formula is C28H25ClN2O3. The molecule has 1 aliphatic rings. The summed E-state index contributed by atoms with van der Waals surface area (Å²) in [5.74, 6) is 1.87. The second kappa shape index (κ2) is 9.35. The van der Waals surface area contributed by atoms with Crippen LogP contribution in [0.25, 0.3) is 11.5 Å². The molecule has 0 N–H and O–H groups in total. The van der Waals surface area contributed by atoms with Crippen LogP contribution in [0.4, 0.5) is 0 Å². The fourth-order valence-corrected chi connectivity index (χ4v) is 4.68. The molecule has 172 valence electrons. The van der Waals surface area contributed by atoms with E-state index in [4.69, 9.17) is 20.8 Å². The van der Waals surface area contributed by atoms with Gasteiger partial charge in [0.2, 0.25) is 11.8 Å². The SMILES string of the molecule is COc1cccc(-c2nc(CC(=O)N3CCc4ccccc4[C@@H]3c3ccc(Cl)cc3)c(C)o2)c1. The van der Waals surface area contributed by atoms with Gasteiger partial charge in [-0.15, -0.1) is 0 Å². The number of ether oxygens (including phenoxy) is 1. The zero-order valence-corrected chi connectivity index (χ0v) is 19.9. The van der Waals surface area contributed by atoms with Crippen molar-refractivity contribution in [3.8, 4) is 17.2 Å². The number of rotatable bonds is 5. The molecule has 0 saturated heterocycles. The van der Waals surface area contributed by atoms with E-state index in [0.29, 0.717) is 28.9 Å². The van der Waals surface area contributed by atoms with Gasteiger partial charge >= 0.3 is 0 Å². The van der Waals surface area contributed by atoms with Gasteiger partial charge in [-0.1, -0.05) is 54.1 Å². The fraction of sp³-hybridized carbons (Fsp3) is 0.214. The van der Waals surface area contributed by atoms with Gasteiger partial charge in [-0.05, 0) is 60.4 Å². The molecule has 1 amide bonds. The van der Waals surface area contributed by atoms with Crippen LogP contribution in [0, 0.1) is 6.92 Å². The fourth-order valence-electron chi connectivity index (χ4n) is 4.56. The number of aromatic nitrogens is 1. The Morgan fingerprint density at radius 2 is 1.91 bits per heavy atom. The minimum absolute atomic E-state index is 0.0167. The number of amides is 1. The van der Waals surface area contributed by atoms with E-state index in [1.807, 2.05) is 72.5 Å². The Kier molecular flexibility index (Phi) is 6.12. The molecular weight excluding hydrogens is 448 g/mol. The third-order valence-electron chi connectivity index (χ3n) is 6.32. The standard InChI is InChI=1S/C28H25ClN2O3/c1-18-25(30-28(34-18)21-7-5-8-23(16-21)33-2)17-26(32)31-15-14-19-6-3-4-9-24(19)27(31)20-10-12-22(29)13-11-20/h3-13,16,27H,14-15,17H2,1-2H3/t27-/m0/s1. The smallest absolute Gasteiger partial charge is 0.229 e. The first-order chi connectivity index (χ1) is 16.5. The second-order valence-corrected chi connectivity index (χ2v) is 8.86. The molecule has 0 unspecified atom stereocenters. The minimum Gasteiger partial charge on any atom is -0.497 e. The lowest BCUT2D eigenvalue weighted by Gasteiger charge is -2.38. The Hall–Kier alpha value is -3.57. The average molecular weight is 473 g/mol. The summed E-state index contributed by atoms with van der Waals surface area (Å²) < 4.78 is 11.2. The molecule has 0 radical (unpaired) electrons. The van der Waals surface area contributed by atoms with Crippen molar-refractivity contribution in [3.05, 3.63) is 106 Å². The lowest BCUT2D eigenvalue weighted by atomic mass is 9.88. The van der Waals surface area contributed by atoms with Gasteiger partial charge in [0.15, 0.2) is 0 Å². The zero-order chi connectivity index (χ0) is 23.7. The van der Waals surface area contributed by atoms with Crippen LogP contribution in [0.5, 0.6) is 5.75 Å². The molecule has 5 nitrogen and oxygen atoms in total. The largest absolute Gasteiger partial charge is 0.497 e. The lowest BCUT2D eigenvalue weighted by Crippen LogP contribution is -2.41. The Balaban J connectivity index is 1.45. The van der Waals surface area contributed by atoms with Gasteiger partial charge in [-0.25, -0.2) is 4.98 Å². The minimum atomic E-state index is -0.167. The molecule has 0 saturated carbocycles. The van der Waals surface area contributed by atoms with Crippen LogP contribution >= 0.6 is 11.6 Å². The second-order valence-electron chi connectivity index (χ2n) is 8.42. The number of fused-ring (bicyclic) bond motifs is 1. The van der Waals surface area contributed by atoms with Gasteiger partial charge in [0, 0.05) is 17.1 Å². The van der Waals surface area contributed by atoms with Crippen molar-refractivity contribution in [2.75, 3.05) is 13.7 Å². The van der Waals surface area contributed by atoms with E-state index in [0.717, 1.165) is 28.9 Å². The van der Waals surface area contributed by atoms with Crippen LogP contribution < -0.4 is 4.74 Å². The van der Waals surface area contributed by atoms with Crippen molar-refractivity contribution >= 4 is 17.5 Å². The summed E-state index contributed by atoms with van der Waals surface area (Å²) in [4.78, 5) is 20.2. The number of nitrogens with zero attached hydrogens (tertiary/aromatic N) is 2. The van der Waals surface area contributed by atoms with E-state index in [1.165, 1.54) is 5.56 Å². The molecule has 34 heavy (non-hydrogen) atoms. The van der Waals surface area contributed by atoms with Crippen molar-refractivity contribution in [3.63, 3.8) is 0 Å². The third-order valence-corrected chi connectivity index (χ3v) is 6.57. The number of benzene rings is 3. The highest BCUT2D eigenvalue weighted by atomic mass is 35.5. The van der Waals surface area contributed by atoms with Crippen molar-refractivity contribution in [1.82, 2.24) is 9.88 Å². The van der Waals surface area contributed by atoms with Gasteiger partial charge in [-0.2, -0.15) is 0 Å². The Morgan fingerprint density at radius 1 is 1.12 bits per heavy atom. The number of carbonyl (C=O) groups excluding carboxylic acids is 1. The highest BCUT2D eigenvalue weighted by molar-refractivity contribution is 6.30. The predicted octanol–water partition coefficient (Wildman–Crippen LogP) is 6.03. The number of aryl methyl sites for hydroxylation is 1. The Bertz CT molecular complexity index is 1330. The molecule has 1 aliphatic heterocycles. The van der Waals surface area contributed by atoms with Crippen LogP contribution in [0.3, 0.4) is 0 Å². The van der Waals surface area contributed by atoms with Crippen LogP contribution in [0.2, 0.25) is 5.02 Å². The number of hydrogen-bond donors (Lipinski definition) is 0. The molecule has 0 spiro atoms. The molecule has 0 aliphatic carbocycles. The van der Waals surface area contributed by atoms with Crippen molar-refractivity contribution in [2.45, 2.75) is 25.8 Å². The van der Waals surface area contributed by atoms with Gasteiger partial charge < -0.3 is 14.1 Å². The normalized spacial score (nSPS) is 15.1. The van der Waals surface area contributed by atoms with Crippen LogP contribution in [-0.4, -0.2) is 29.4 Å². The molecule has 5 rings (SSSR count). The molecule has 4 aromatic rings. The summed E-state index contributed by atoms with van der Waals surface area (Å²) in [6.07, 6.45) is 0.990. The quantitative estimate of drug-likeness (QED) is 0.356. The maximum Gasteiger partial charge on any atom is 0.229 e. The Morgan fingerprint density at radius 3 is 2.71 bits per heavy atom. The molecule has 1 atom stereocenters. The van der Waals surface area contributed by atoms with E-state index in [9.17, 15) is 4.79 Å². The first-order valence-corrected chi connectivity index (χ1v) is 11.6. The molecule has 2 heterocycles. The van der Waals surface area contributed by atoms with Crippen molar-refractivity contribution in [1.29, 1.82) is 0 Å². The van der Waals surface area contributed by atoms with Gasteiger partial charge in [0.05, 0.1) is 25.3 Å². The van der Waals surface area contributed by atoms with Gasteiger partial charge in [0.1, 0.15) is 11.5 Å². The van der Waals surface area contributed by atoms with Crippen molar-refractivity contribution in [2.24, 2.45) is 0 Å². The van der Waals surface area contributed by atoms with E-state index in [1.54, 1.807) is 7.11 Å². The first-order valence-electron chi connectivity index (χ1n) is 11.3. The van der Waals surface area contributed by atoms with Gasteiger partial charge in [0.25, 0.3) is 0 Å². The molecule has 0 bridgehead atoms. The number of halogens is 1. The summed E-state index contributed by atoms with van der Waals surface area (Å²) in [6, 6.07) is 23.4. The van der Waals surface area contributed by atoms with E-state index in [-0.39, 0.29) is 18.4 Å². The molecule has 3 aromatic carbocycles. The number of hydrogen-bond acceptors (Lipinski definition) is 4. The molecule has 1 aromatic heterocycles. The summed E-state index contributed by atoms with van der Waals surface area (Å²) >= 11 is 6.14. The number of carbonyl (C=O) groups is 1. The molecule has 6 heteroatoms. The summed E-state index contributed by atoms with van der Waals surface area (Å²) in [7, 11) is 1.62. The van der Waals surface area contributed by atoms with Crippen LogP contribution in [-0.2, 0) is 17.6 Å². The van der Waals surface area contributed by atoms with E-state index < -0.39 is 0 Å². The van der Waals surface area contributed by atoms with Crippen LogP contribution in [0.15, 0.2) is 77.2 Å². The third kappa shape index (κ3) is 4.31. The number of oxazole rings is 1. The summed E-state index contributed by atoms with van der Waals surface area (Å²) in [5, 5.41) is 0.675.